The minimum atomic E-state index is -0.0210. The lowest BCUT2D eigenvalue weighted by molar-refractivity contribution is -0.132. The molecule has 3 rings (SSSR count). The van der Waals surface area contributed by atoms with Gasteiger partial charge in [-0.2, -0.15) is 0 Å². The molecule has 24 heavy (non-hydrogen) atoms. The van der Waals surface area contributed by atoms with Gasteiger partial charge in [-0.05, 0) is 30.3 Å². The lowest BCUT2D eigenvalue weighted by Gasteiger charge is -2.21. The molecule has 0 atom stereocenters. The lowest BCUT2D eigenvalue weighted by Crippen LogP contribution is -2.31. The Hall–Kier alpha value is -2.95. The number of benzene rings is 1. The molecule has 0 bridgehead atoms. The van der Waals surface area contributed by atoms with Crippen LogP contribution in [0.2, 0.25) is 0 Å². The van der Waals surface area contributed by atoms with E-state index in [2.05, 4.69) is 0 Å². The second-order valence-electron chi connectivity index (χ2n) is 5.40. The van der Waals surface area contributed by atoms with Crippen molar-refractivity contribution < 1.29 is 18.4 Å². The second-order valence-corrected chi connectivity index (χ2v) is 5.40. The molecule has 0 unspecified atom stereocenters. The molecule has 1 aromatic carbocycles. The lowest BCUT2D eigenvalue weighted by atomic mass is 10.1. The zero-order valence-electron chi connectivity index (χ0n) is 13.5. The van der Waals surface area contributed by atoms with E-state index in [1.807, 2.05) is 48.5 Å². The van der Waals surface area contributed by atoms with Gasteiger partial charge in [-0.1, -0.05) is 18.2 Å². The molecule has 0 aliphatic rings. The number of methoxy groups -OCH3 is 1. The molecule has 0 aliphatic carbocycles. The van der Waals surface area contributed by atoms with Crippen LogP contribution in [0.1, 0.15) is 17.1 Å². The molecular formula is C19H19NO4. The summed E-state index contributed by atoms with van der Waals surface area (Å²) >= 11 is 0. The number of furan rings is 2. The first-order valence-electron chi connectivity index (χ1n) is 7.70. The van der Waals surface area contributed by atoms with Gasteiger partial charge in [0.1, 0.15) is 17.3 Å². The number of carbonyl (C=O) groups is 1. The molecule has 124 valence electrons. The first-order valence-corrected chi connectivity index (χ1v) is 7.70. The number of carbonyl (C=O) groups excluding carboxylic acids is 1. The molecule has 3 aromatic rings. The van der Waals surface area contributed by atoms with Gasteiger partial charge in [-0.25, -0.2) is 0 Å². The van der Waals surface area contributed by atoms with Crippen LogP contribution in [0.25, 0.3) is 0 Å². The number of amides is 1. The van der Waals surface area contributed by atoms with E-state index in [1.54, 1.807) is 24.5 Å². The van der Waals surface area contributed by atoms with Gasteiger partial charge in [-0.15, -0.1) is 0 Å². The molecule has 0 aliphatic heterocycles. The van der Waals surface area contributed by atoms with Crippen LogP contribution in [0.4, 0.5) is 0 Å². The standard InChI is InChI=1S/C19H19NO4/c1-22-18-9-3-2-6-15(18)12-19(21)20(13-16-7-4-10-23-16)14-17-8-5-11-24-17/h2-11H,12-14H2,1H3. The Morgan fingerprint density at radius 3 is 2.12 bits per heavy atom. The number of rotatable bonds is 7. The van der Waals surface area contributed by atoms with Crippen molar-refractivity contribution in [2.24, 2.45) is 0 Å². The first kappa shape index (κ1) is 15.9. The highest BCUT2D eigenvalue weighted by molar-refractivity contribution is 5.79. The molecule has 5 heteroatoms. The molecular weight excluding hydrogens is 306 g/mol. The summed E-state index contributed by atoms with van der Waals surface area (Å²) < 4.78 is 16.1. The van der Waals surface area contributed by atoms with Gasteiger partial charge in [0.05, 0.1) is 39.1 Å². The molecule has 2 heterocycles. The van der Waals surface area contributed by atoms with E-state index >= 15 is 0 Å². The molecule has 5 nitrogen and oxygen atoms in total. The van der Waals surface area contributed by atoms with Gasteiger partial charge in [-0.3, -0.25) is 4.79 Å². The smallest absolute Gasteiger partial charge is 0.227 e. The highest BCUT2D eigenvalue weighted by atomic mass is 16.5. The van der Waals surface area contributed by atoms with E-state index in [0.717, 1.165) is 17.1 Å². The third-order valence-corrected chi connectivity index (χ3v) is 3.74. The Labute approximate surface area is 140 Å². The fourth-order valence-corrected chi connectivity index (χ4v) is 2.54. The summed E-state index contributed by atoms with van der Waals surface area (Å²) in [7, 11) is 1.60. The molecule has 0 saturated carbocycles. The van der Waals surface area contributed by atoms with Gasteiger partial charge in [0, 0.05) is 5.56 Å². The predicted octanol–water partition coefficient (Wildman–Crippen LogP) is 3.65. The molecule has 2 aromatic heterocycles. The van der Waals surface area contributed by atoms with E-state index in [0.29, 0.717) is 18.8 Å². The van der Waals surface area contributed by atoms with Crippen molar-refractivity contribution in [2.75, 3.05) is 7.11 Å². The maximum absolute atomic E-state index is 12.8. The summed E-state index contributed by atoms with van der Waals surface area (Å²) in [5, 5.41) is 0. The van der Waals surface area contributed by atoms with Crippen molar-refractivity contribution in [1.29, 1.82) is 0 Å². The zero-order valence-corrected chi connectivity index (χ0v) is 13.5. The van der Waals surface area contributed by atoms with E-state index < -0.39 is 0 Å². The number of nitrogens with zero attached hydrogens (tertiary/aromatic N) is 1. The van der Waals surface area contributed by atoms with Crippen molar-refractivity contribution in [3.8, 4) is 5.75 Å². The quantitative estimate of drug-likeness (QED) is 0.665. The average molecular weight is 325 g/mol. The largest absolute Gasteiger partial charge is 0.496 e. The molecule has 0 N–H and O–H groups in total. The topological polar surface area (TPSA) is 55.8 Å². The maximum Gasteiger partial charge on any atom is 0.227 e. The minimum Gasteiger partial charge on any atom is -0.496 e. The third-order valence-electron chi connectivity index (χ3n) is 3.74. The highest BCUT2D eigenvalue weighted by Crippen LogP contribution is 2.20. The van der Waals surface area contributed by atoms with Gasteiger partial charge >= 0.3 is 0 Å². The Balaban J connectivity index is 1.77. The molecule has 0 radical (unpaired) electrons. The minimum absolute atomic E-state index is 0.0210. The molecule has 0 saturated heterocycles. The predicted molar refractivity (Wildman–Crippen MR) is 88.4 cm³/mol. The van der Waals surface area contributed by atoms with Gasteiger partial charge in [0.2, 0.25) is 5.91 Å². The van der Waals surface area contributed by atoms with Crippen LogP contribution >= 0.6 is 0 Å². The number of ether oxygens (including phenoxy) is 1. The van der Waals surface area contributed by atoms with E-state index in [-0.39, 0.29) is 12.3 Å². The van der Waals surface area contributed by atoms with Crippen molar-refractivity contribution in [2.45, 2.75) is 19.5 Å². The summed E-state index contributed by atoms with van der Waals surface area (Å²) in [5.41, 5.74) is 0.855. The van der Waals surface area contributed by atoms with E-state index in [9.17, 15) is 4.79 Å². The normalized spacial score (nSPS) is 10.5. The van der Waals surface area contributed by atoms with Gasteiger partial charge < -0.3 is 18.5 Å². The van der Waals surface area contributed by atoms with Crippen LogP contribution in [-0.4, -0.2) is 17.9 Å². The summed E-state index contributed by atoms with van der Waals surface area (Å²) in [6.07, 6.45) is 3.46. The van der Waals surface area contributed by atoms with Crippen LogP contribution in [0, 0.1) is 0 Å². The highest BCUT2D eigenvalue weighted by Gasteiger charge is 2.19. The molecule has 1 amide bonds. The van der Waals surface area contributed by atoms with Crippen LogP contribution in [0.15, 0.2) is 69.9 Å². The summed E-state index contributed by atoms with van der Waals surface area (Å²) in [6.45, 7) is 0.781. The van der Waals surface area contributed by atoms with Crippen LogP contribution < -0.4 is 4.74 Å². The van der Waals surface area contributed by atoms with Gasteiger partial charge in [0.25, 0.3) is 0 Å². The summed E-state index contributed by atoms with van der Waals surface area (Å²) in [6, 6.07) is 14.9. The number of hydrogen-bond acceptors (Lipinski definition) is 4. The van der Waals surface area contributed by atoms with Crippen molar-refractivity contribution in [3.63, 3.8) is 0 Å². The maximum atomic E-state index is 12.8. The Kier molecular flexibility index (Phi) is 5.01. The van der Waals surface area contributed by atoms with Crippen LogP contribution in [-0.2, 0) is 24.3 Å². The van der Waals surface area contributed by atoms with Gasteiger partial charge in [0.15, 0.2) is 0 Å². The molecule has 0 spiro atoms. The fourth-order valence-electron chi connectivity index (χ4n) is 2.54. The SMILES string of the molecule is COc1ccccc1CC(=O)N(Cc1ccco1)Cc1ccco1. The summed E-state index contributed by atoms with van der Waals surface area (Å²) in [5.74, 6) is 2.15. The van der Waals surface area contributed by atoms with Crippen molar-refractivity contribution in [1.82, 2.24) is 4.90 Å². The fraction of sp³-hybridized carbons (Fsp3) is 0.211. The first-order chi connectivity index (χ1) is 11.8. The van der Waals surface area contributed by atoms with Crippen molar-refractivity contribution >= 4 is 5.91 Å². The molecule has 0 fully saturated rings. The average Bonchev–Trinajstić information content (AvgIpc) is 3.28. The van der Waals surface area contributed by atoms with E-state index in [4.69, 9.17) is 13.6 Å². The number of hydrogen-bond donors (Lipinski definition) is 0. The van der Waals surface area contributed by atoms with E-state index in [1.165, 1.54) is 0 Å². The monoisotopic (exact) mass is 325 g/mol. The second kappa shape index (κ2) is 7.55. The Morgan fingerprint density at radius 1 is 0.958 bits per heavy atom. The Morgan fingerprint density at radius 2 is 1.58 bits per heavy atom. The Bertz CT molecular complexity index is 726. The van der Waals surface area contributed by atoms with Crippen molar-refractivity contribution in [3.05, 3.63) is 78.1 Å². The van der Waals surface area contributed by atoms with Crippen LogP contribution in [0.3, 0.4) is 0 Å². The third kappa shape index (κ3) is 3.87. The van der Waals surface area contributed by atoms with Crippen LogP contribution in [0.5, 0.6) is 5.75 Å². The summed E-state index contributed by atoms with van der Waals surface area (Å²) in [4.78, 5) is 14.5. The number of para-hydroxylation sites is 1. The zero-order chi connectivity index (χ0) is 16.8.